The fourth-order valence-corrected chi connectivity index (χ4v) is 4.97. The molecule has 1 amide bonds. The highest BCUT2D eigenvalue weighted by molar-refractivity contribution is 6.01. The summed E-state index contributed by atoms with van der Waals surface area (Å²) in [4.78, 5) is 16.3. The zero-order valence-electron chi connectivity index (χ0n) is 19.6. The average Bonchev–Trinajstić information content (AvgIpc) is 3.32. The van der Waals surface area contributed by atoms with Crippen molar-refractivity contribution in [1.82, 2.24) is 4.90 Å². The second-order valence-corrected chi connectivity index (χ2v) is 9.06. The van der Waals surface area contributed by atoms with Crippen molar-refractivity contribution < 1.29 is 4.79 Å². The monoisotopic (exact) mass is 443 g/mol. The topological polar surface area (TPSA) is 20.3 Å². The minimum absolute atomic E-state index is 0.0875. The predicted octanol–water partition coefficient (Wildman–Crippen LogP) is 7.11. The summed E-state index contributed by atoms with van der Waals surface area (Å²) >= 11 is 0. The second kappa shape index (κ2) is 9.52. The Hall–Kier alpha value is -3.91. The van der Waals surface area contributed by atoms with Gasteiger partial charge in [-0.05, 0) is 64.8 Å². The molecule has 4 aromatic rings. The van der Waals surface area contributed by atoms with Crippen LogP contribution >= 0.6 is 0 Å². The van der Waals surface area contributed by atoms with E-state index >= 15 is 0 Å². The summed E-state index contributed by atoms with van der Waals surface area (Å²) in [5, 5.41) is 0. The van der Waals surface area contributed by atoms with E-state index in [1.807, 2.05) is 42.5 Å². The van der Waals surface area contributed by atoms with Gasteiger partial charge in [-0.15, -0.1) is 0 Å². The lowest BCUT2D eigenvalue weighted by molar-refractivity contribution is 0.0668. The highest BCUT2D eigenvalue weighted by Crippen LogP contribution is 2.31. The summed E-state index contributed by atoms with van der Waals surface area (Å²) in [5.41, 5.74) is 8.93. The minimum atomic E-state index is 0.0875. The van der Waals surface area contributed by atoms with E-state index in [2.05, 4.69) is 79.1 Å². The third-order valence-electron chi connectivity index (χ3n) is 6.95. The van der Waals surface area contributed by atoms with Gasteiger partial charge in [0.2, 0.25) is 0 Å². The van der Waals surface area contributed by atoms with Crippen molar-refractivity contribution in [3.05, 3.63) is 137 Å². The van der Waals surface area contributed by atoms with Gasteiger partial charge < -0.3 is 4.90 Å². The van der Waals surface area contributed by atoms with E-state index in [1.165, 1.54) is 22.3 Å². The van der Waals surface area contributed by atoms with Crippen LogP contribution in [0.25, 0.3) is 17.2 Å². The first-order chi connectivity index (χ1) is 16.6. The van der Waals surface area contributed by atoms with Crippen LogP contribution in [0.2, 0.25) is 0 Å². The molecule has 2 nitrogen and oxygen atoms in total. The first-order valence-corrected chi connectivity index (χ1v) is 11.9. The quantitative estimate of drug-likeness (QED) is 0.311. The van der Waals surface area contributed by atoms with Gasteiger partial charge in [-0.25, -0.2) is 0 Å². The van der Waals surface area contributed by atoms with Crippen LogP contribution in [-0.4, -0.2) is 16.8 Å². The number of carbonyl (C=O) groups is 1. The van der Waals surface area contributed by atoms with Crippen molar-refractivity contribution in [2.75, 3.05) is 0 Å². The van der Waals surface area contributed by atoms with Crippen LogP contribution in [0.3, 0.4) is 0 Å². The van der Waals surface area contributed by atoms with Gasteiger partial charge in [0.25, 0.3) is 5.91 Å². The van der Waals surface area contributed by atoms with Crippen molar-refractivity contribution in [3.63, 3.8) is 0 Å². The summed E-state index contributed by atoms with van der Waals surface area (Å²) in [6.45, 7) is 6.58. The Morgan fingerprint density at radius 3 is 2.15 bits per heavy atom. The molecule has 0 saturated carbocycles. The number of nitrogens with zero attached hydrogens (tertiary/aromatic N) is 1. The van der Waals surface area contributed by atoms with Crippen LogP contribution in [0.15, 0.2) is 104 Å². The molecule has 0 spiro atoms. The molecule has 0 aromatic heterocycles. The molecule has 0 atom stereocenters. The Balaban J connectivity index is 1.53. The van der Waals surface area contributed by atoms with Crippen LogP contribution in [0.1, 0.15) is 38.2 Å². The molecule has 0 aliphatic heterocycles. The zero-order chi connectivity index (χ0) is 23.5. The van der Waals surface area contributed by atoms with Crippen molar-refractivity contribution >= 4 is 12.0 Å². The van der Waals surface area contributed by atoms with Gasteiger partial charge >= 0.3 is 0 Å². The number of rotatable bonds is 6. The van der Waals surface area contributed by atoms with E-state index in [0.29, 0.717) is 6.54 Å². The molecule has 0 bridgehead atoms. The van der Waals surface area contributed by atoms with E-state index in [4.69, 9.17) is 0 Å². The third-order valence-corrected chi connectivity index (χ3v) is 6.95. The van der Waals surface area contributed by atoms with Crippen LogP contribution in [0.4, 0.5) is 0 Å². The van der Waals surface area contributed by atoms with Crippen molar-refractivity contribution in [3.8, 4) is 11.1 Å². The van der Waals surface area contributed by atoms with E-state index < -0.39 is 0 Å². The van der Waals surface area contributed by atoms with Crippen LogP contribution in [-0.2, 0) is 19.4 Å². The number of hydrogen-bond donors (Lipinski definition) is 0. The fraction of sp³-hybridized carbons (Fsp3) is 0.156. The zero-order valence-corrected chi connectivity index (χ0v) is 19.6. The SMILES string of the molecule is C=Cc1ccc(-c2ccccc2C(=O)N(Cc2ccccc2C)C2Cc3ccccc3C2)cc1. The molecule has 0 radical (unpaired) electrons. The lowest BCUT2D eigenvalue weighted by atomic mass is 9.96. The van der Waals surface area contributed by atoms with E-state index in [9.17, 15) is 4.79 Å². The molecule has 5 rings (SSSR count). The summed E-state index contributed by atoms with van der Waals surface area (Å²) in [6, 6.07) is 33.3. The molecule has 0 heterocycles. The molecule has 4 aromatic carbocycles. The van der Waals surface area contributed by atoms with Gasteiger partial charge in [-0.1, -0.05) is 104 Å². The van der Waals surface area contributed by atoms with Crippen LogP contribution < -0.4 is 0 Å². The van der Waals surface area contributed by atoms with E-state index in [1.54, 1.807) is 0 Å². The summed E-state index contributed by atoms with van der Waals surface area (Å²) in [5.74, 6) is 0.0875. The number of hydrogen-bond acceptors (Lipinski definition) is 1. The maximum absolute atomic E-state index is 14.2. The molecule has 34 heavy (non-hydrogen) atoms. The fourth-order valence-electron chi connectivity index (χ4n) is 4.97. The second-order valence-electron chi connectivity index (χ2n) is 9.06. The first-order valence-electron chi connectivity index (χ1n) is 11.9. The van der Waals surface area contributed by atoms with Gasteiger partial charge in [0.15, 0.2) is 0 Å². The number of fused-ring (bicyclic) bond motifs is 1. The molecule has 0 fully saturated rings. The molecule has 0 N–H and O–H groups in total. The van der Waals surface area contributed by atoms with Gasteiger partial charge in [0.1, 0.15) is 0 Å². The predicted molar refractivity (Wildman–Crippen MR) is 141 cm³/mol. The Morgan fingerprint density at radius 2 is 1.47 bits per heavy atom. The lowest BCUT2D eigenvalue weighted by Gasteiger charge is -2.30. The average molecular weight is 444 g/mol. The normalized spacial score (nSPS) is 12.9. The van der Waals surface area contributed by atoms with Crippen LogP contribution in [0, 0.1) is 6.92 Å². The summed E-state index contributed by atoms with van der Waals surface area (Å²) in [6.07, 6.45) is 3.62. The number of benzene rings is 4. The van der Waals surface area contributed by atoms with Crippen molar-refractivity contribution in [2.45, 2.75) is 32.4 Å². The van der Waals surface area contributed by atoms with Gasteiger partial charge in [-0.3, -0.25) is 4.79 Å². The largest absolute Gasteiger partial charge is 0.331 e. The molecular formula is C32H29NO. The maximum Gasteiger partial charge on any atom is 0.255 e. The molecular weight excluding hydrogens is 414 g/mol. The molecule has 0 unspecified atom stereocenters. The molecule has 0 saturated heterocycles. The smallest absolute Gasteiger partial charge is 0.255 e. The number of aryl methyl sites for hydroxylation is 1. The Labute approximate surface area is 202 Å². The van der Waals surface area contributed by atoms with Gasteiger partial charge in [0.05, 0.1) is 0 Å². The molecule has 2 heteroatoms. The molecule has 1 aliphatic carbocycles. The van der Waals surface area contributed by atoms with E-state index in [0.717, 1.165) is 35.1 Å². The van der Waals surface area contributed by atoms with Crippen LogP contribution in [0.5, 0.6) is 0 Å². The third kappa shape index (κ3) is 4.32. The first kappa shape index (κ1) is 21.9. The lowest BCUT2D eigenvalue weighted by Crippen LogP contribution is -2.40. The summed E-state index contributed by atoms with van der Waals surface area (Å²) < 4.78 is 0. The van der Waals surface area contributed by atoms with Crippen molar-refractivity contribution in [2.24, 2.45) is 0 Å². The van der Waals surface area contributed by atoms with Crippen molar-refractivity contribution in [1.29, 1.82) is 0 Å². The Kier molecular flexibility index (Phi) is 6.14. The van der Waals surface area contributed by atoms with Gasteiger partial charge in [-0.2, -0.15) is 0 Å². The maximum atomic E-state index is 14.2. The molecule has 168 valence electrons. The summed E-state index contributed by atoms with van der Waals surface area (Å²) in [7, 11) is 0. The Morgan fingerprint density at radius 1 is 0.853 bits per heavy atom. The standard InChI is InChI=1S/C32H29NO/c1-3-24-16-18-25(19-17-24)30-14-8-9-15-31(30)32(34)33(22-28-13-5-4-10-23(28)2)29-20-26-11-6-7-12-27(26)21-29/h3-19,29H,1,20-22H2,2H3. The highest BCUT2D eigenvalue weighted by Gasteiger charge is 2.31. The van der Waals surface area contributed by atoms with Gasteiger partial charge in [0, 0.05) is 18.2 Å². The van der Waals surface area contributed by atoms with E-state index in [-0.39, 0.29) is 11.9 Å². The number of amides is 1. The molecule has 1 aliphatic rings. The number of carbonyl (C=O) groups excluding carboxylic acids is 1. The highest BCUT2D eigenvalue weighted by atomic mass is 16.2. The minimum Gasteiger partial charge on any atom is -0.331 e. The Bertz CT molecular complexity index is 1310.